The Morgan fingerprint density at radius 2 is 1.81 bits per heavy atom. The monoisotopic (exact) mass is 216 g/mol. The van der Waals surface area contributed by atoms with Crippen LogP contribution in [0.25, 0.3) is 5.69 Å². The normalized spacial score (nSPS) is 10.7. The molecule has 0 amide bonds. The maximum atomic E-state index is 9.25. The molecule has 1 aromatic heterocycles. The minimum Gasteiger partial charge on any atom is -0.508 e. The van der Waals surface area contributed by atoms with Gasteiger partial charge in [0.05, 0.1) is 11.4 Å². The van der Waals surface area contributed by atoms with Crippen LogP contribution in [0.15, 0.2) is 24.3 Å². The molecule has 3 heteroatoms. The van der Waals surface area contributed by atoms with Crippen molar-refractivity contribution in [2.24, 2.45) is 0 Å². The highest BCUT2D eigenvalue weighted by Crippen LogP contribution is 2.19. The predicted molar refractivity (Wildman–Crippen MR) is 64.1 cm³/mol. The number of aromatic nitrogens is 2. The maximum absolute atomic E-state index is 9.25. The lowest BCUT2D eigenvalue weighted by molar-refractivity contribution is 0.475. The van der Waals surface area contributed by atoms with E-state index in [1.807, 2.05) is 23.7 Å². The van der Waals surface area contributed by atoms with Crippen molar-refractivity contribution in [2.75, 3.05) is 0 Å². The van der Waals surface area contributed by atoms with Crippen molar-refractivity contribution in [3.8, 4) is 11.4 Å². The van der Waals surface area contributed by atoms with Crippen molar-refractivity contribution in [3.63, 3.8) is 0 Å². The number of phenolic OH excluding ortho intramolecular Hbond substituents is 1. The van der Waals surface area contributed by atoms with Crippen LogP contribution in [-0.4, -0.2) is 14.9 Å². The number of rotatable bonds is 2. The summed E-state index contributed by atoms with van der Waals surface area (Å²) in [4.78, 5) is 0. The molecule has 0 saturated carbocycles. The van der Waals surface area contributed by atoms with Crippen LogP contribution in [0.5, 0.6) is 5.75 Å². The zero-order chi connectivity index (χ0) is 11.7. The molecule has 0 aliphatic rings. The van der Waals surface area contributed by atoms with E-state index in [1.165, 1.54) is 11.3 Å². The highest BCUT2D eigenvalue weighted by atomic mass is 16.3. The third-order valence-electron chi connectivity index (χ3n) is 2.89. The molecule has 3 nitrogen and oxygen atoms in total. The van der Waals surface area contributed by atoms with Crippen molar-refractivity contribution in [2.45, 2.75) is 27.2 Å². The molecular weight excluding hydrogens is 200 g/mol. The van der Waals surface area contributed by atoms with E-state index in [0.29, 0.717) is 0 Å². The van der Waals surface area contributed by atoms with Crippen LogP contribution in [0.4, 0.5) is 0 Å². The summed E-state index contributed by atoms with van der Waals surface area (Å²) >= 11 is 0. The van der Waals surface area contributed by atoms with E-state index in [9.17, 15) is 5.11 Å². The largest absolute Gasteiger partial charge is 0.508 e. The summed E-state index contributed by atoms with van der Waals surface area (Å²) in [7, 11) is 0. The quantitative estimate of drug-likeness (QED) is 0.838. The minimum absolute atomic E-state index is 0.279. The van der Waals surface area contributed by atoms with Gasteiger partial charge < -0.3 is 5.11 Å². The molecule has 0 saturated heterocycles. The molecule has 0 radical (unpaired) electrons. The summed E-state index contributed by atoms with van der Waals surface area (Å²) in [5.41, 5.74) is 4.53. The molecule has 0 unspecified atom stereocenters. The van der Waals surface area contributed by atoms with Crippen LogP contribution in [0, 0.1) is 13.8 Å². The van der Waals surface area contributed by atoms with E-state index in [2.05, 4.69) is 18.9 Å². The van der Waals surface area contributed by atoms with Gasteiger partial charge in [-0.2, -0.15) is 5.10 Å². The fourth-order valence-corrected chi connectivity index (χ4v) is 2.03. The first-order valence-corrected chi connectivity index (χ1v) is 5.48. The van der Waals surface area contributed by atoms with Gasteiger partial charge in [-0.05, 0) is 50.1 Å². The Hall–Kier alpha value is -1.77. The Morgan fingerprint density at radius 3 is 2.31 bits per heavy atom. The van der Waals surface area contributed by atoms with Gasteiger partial charge in [-0.25, -0.2) is 4.68 Å². The van der Waals surface area contributed by atoms with Crippen LogP contribution in [0.1, 0.15) is 23.9 Å². The smallest absolute Gasteiger partial charge is 0.115 e. The van der Waals surface area contributed by atoms with E-state index in [-0.39, 0.29) is 5.75 Å². The number of hydrogen-bond donors (Lipinski definition) is 1. The second kappa shape index (κ2) is 4.00. The van der Waals surface area contributed by atoms with Gasteiger partial charge in [0.1, 0.15) is 5.75 Å². The molecule has 84 valence electrons. The number of benzene rings is 1. The molecule has 0 spiro atoms. The lowest BCUT2D eigenvalue weighted by atomic mass is 10.1. The highest BCUT2D eigenvalue weighted by Gasteiger charge is 2.10. The van der Waals surface area contributed by atoms with Crippen molar-refractivity contribution in [1.29, 1.82) is 0 Å². The molecule has 1 heterocycles. The number of aryl methyl sites for hydroxylation is 1. The Bertz CT molecular complexity index is 497. The molecule has 1 aromatic carbocycles. The fourth-order valence-electron chi connectivity index (χ4n) is 2.03. The topological polar surface area (TPSA) is 38.0 Å². The molecule has 0 fully saturated rings. The summed E-state index contributed by atoms with van der Waals surface area (Å²) < 4.78 is 1.92. The highest BCUT2D eigenvalue weighted by molar-refractivity contribution is 5.40. The summed E-state index contributed by atoms with van der Waals surface area (Å²) in [6, 6.07) is 7.09. The van der Waals surface area contributed by atoms with Crippen LogP contribution < -0.4 is 0 Å². The van der Waals surface area contributed by atoms with Crippen LogP contribution in [-0.2, 0) is 6.42 Å². The first-order valence-electron chi connectivity index (χ1n) is 5.48. The van der Waals surface area contributed by atoms with E-state index in [1.54, 1.807) is 12.1 Å². The zero-order valence-electron chi connectivity index (χ0n) is 9.86. The molecule has 2 aromatic rings. The van der Waals surface area contributed by atoms with Gasteiger partial charge in [-0.1, -0.05) is 6.92 Å². The second-order valence-electron chi connectivity index (χ2n) is 3.93. The van der Waals surface area contributed by atoms with Crippen LogP contribution in [0.3, 0.4) is 0 Å². The molecular formula is C13H16N2O. The maximum Gasteiger partial charge on any atom is 0.115 e. The molecule has 0 bridgehead atoms. The van der Waals surface area contributed by atoms with Crippen molar-refractivity contribution < 1.29 is 5.11 Å². The van der Waals surface area contributed by atoms with E-state index in [0.717, 1.165) is 17.8 Å². The zero-order valence-corrected chi connectivity index (χ0v) is 9.86. The second-order valence-corrected chi connectivity index (χ2v) is 3.93. The lowest BCUT2D eigenvalue weighted by Gasteiger charge is -2.04. The molecule has 16 heavy (non-hydrogen) atoms. The minimum atomic E-state index is 0.279. The number of hydrogen-bond acceptors (Lipinski definition) is 2. The van der Waals surface area contributed by atoms with Crippen molar-refractivity contribution in [3.05, 3.63) is 41.2 Å². The van der Waals surface area contributed by atoms with Gasteiger partial charge in [0.2, 0.25) is 0 Å². The van der Waals surface area contributed by atoms with E-state index in [4.69, 9.17) is 0 Å². The van der Waals surface area contributed by atoms with Gasteiger partial charge in [0, 0.05) is 5.69 Å². The number of nitrogens with zero attached hydrogens (tertiary/aromatic N) is 2. The Morgan fingerprint density at radius 1 is 1.19 bits per heavy atom. The molecule has 2 rings (SSSR count). The SMILES string of the molecule is CCc1c(C)nn(-c2ccc(O)cc2)c1C. The molecule has 1 N–H and O–H groups in total. The molecule has 0 aliphatic carbocycles. The summed E-state index contributed by atoms with van der Waals surface area (Å²) in [5, 5.41) is 13.8. The third-order valence-corrected chi connectivity index (χ3v) is 2.89. The number of aromatic hydroxyl groups is 1. The van der Waals surface area contributed by atoms with Crippen molar-refractivity contribution in [1.82, 2.24) is 9.78 Å². The van der Waals surface area contributed by atoms with Gasteiger partial charge in [-0.15, -0.1) is 0 Å². The summed E-state index contributed by atoms with van der Waals surface area (Å²) in [6.45, 7) is 6.24. The van der Waals surface area contributed by atoms with Crippen LogP contribution in [0.2, 0.25) is 0 Å². The molecule has 0 aliphatic heterocycles. The van der Waals surface area contributed by atoms with Crippen LogP contribution >= 0.6 is 0 Å². The first kappa shape index (κ1) is 10.7. The van der Waals surface area contributed by atoms with Gasteiger partial charge in [-0.3, -0.25) is 0 Å². The first-order chi connectivity index (χ1) is 7.63. The average molecular weight is 216 g/mol. The number of phenols is 1. The van der Waals surface area contributed by atoms with E-state index < -0.39 is 0 Å². The summed E-state index contributed by atoms with van der Waals surface area (Å²) in [5.74, 6) is 0.279. The summed E-state index contributed by atoms with van der Waals surface area (Å²) in [6.07, 6.45) is 0.996. The molecule has 0 atom stereocenters. The van der Waals surface area contributed by atoms with Gasteiger partial charge in [0.25, 0.3) is 0 Å². The fraction of sp³-hybridized carbons (Fsp3) is 0.308. The Kier molecular flexibility index (Phi) is 2.69. The third kappa shape index (κ3) is 1.69. The Balaban J connectivity index is 2.52. The standard InChI is InChI=1S/C13H16N2O/c1-4-13-9(2)14-15(10(13)3)11-5-7-12(16)8-6-11/h5-8,16H,4H2,1-3H3. The van der Waals surface area contributed by atoms with E-state index >= 15 is 0 Å². The van der Waals surface area contributed by atoms with Gasteiger partial charge in [0.15, 0.2) is 0 Å². The van der Waals surface area contributed by atoms with Crippen molar-refractivity contribution >= 4 is 0 Å². The lowest BCUT2D eigenvalue weighted by Crippen LogP contribution is -1.98. The Labute approximate surface area is 95.3 Å². The average Bonchev–Trinajstić information content (AvgIpc) is 2.55. The van der Waals surface area contributed by atoms with Gasteiger partial charge >= 0.3 is 0 Å². The predicted octanol–water partition coefficient (Wildman–Crippen LogP) is 2.76.